The molecule has 3 aromatic carbocycles. The molecule has 0 spiro atoms. The minimum atomic E-state index is -0.499. The molecule has 0 radical (unpaired) electrons. The summed E-state index contributed by atoms with van der Waals surface area (Å²) in [6.07, 6.45) is 1.78. The summed E-state index contributed by atoms with van der Waals surface area (Å²) in [6, 6.07) is 25.2. The Hall–Kier alpha value is -3.60. The van der Waals surface area contributed by atoms with E-state index in [0.717, 1.165) is 22.6 Å². The molecule has 1 amide bonds. The molecule has 3 aromatic rings. The molecular weight excluding hydrogens is 326 g/mol. The van der Waals surface area contributed by atoms with Gasteiger partial charge in [-0.1, -0.05) is 18.2 Å². The number of primary amides is 1. The molecule has 0 unspecified atom stereocenters. The SMILES string of the molecule is NC(=O)COc1ccc(C=Nc2ccc(Nc3ccccc3)cc2)cc1. The van der Waals surface area contributed by atoms with Crippen LogP contribution < -0.4 is 15.8 Å². The number of hydrogen-bond acceptors (Lipinski definition) is 4. The second-order valence-electron chi connectivity index (χ2n) is 5.62. The number of hydrogen-bond donors (Lipinski definition) is 2. The average Bonchev–Trinajstić information content (AvgIpc) is 2.67. The molecular formula is C21H19N3O2. The molecule has 0 fully saturated rings. The van der Waals surface area contributed by atoms with Crippen molar-refractivity contribution >= 4 is 29.2 Å². The fourth-order valence-electron chi connectivity index (χ4n) is 2.27. The highest BCUT2D eigenvalue weighted by Gasteiger charge is 1.98. The predicted octanol–water partition coefficient (Wildman–Crippen LogP) is 4.04. The van der Waals surface area contributed by atoms with Gasteiger partial charge in [0, 0.05) is 17.6 Å². The van der Waals surface area contributed by atoms with Crippen molar-refractivity contribution in [1.82, 2.24) is 0 Å². The summed E-state index contributed by atoms with van der Waals surface area (Å²) >= 11 is 0. The lowest BCUT2D eigenvalue weighted by atomic mass is 10.2. The molecule has 5 nitrogen and oxygen atoms in total. The summed E-state index contributed by atoms with van der Waals surface area (Å²) in [5.41, 5.74) is 8.89. The Bertz CT molecular complexity index is 873. The average molecular weight is 345 g/mol. The predicted molar refractivity (Wildman–Crippen MR) is 105 cm³/mol. The van der Waals surface area contributed by atoms with E-state index >= 15 is 0 Å². The number of nitrogens with one attached hydrogen (secondary N) is 1. The molecule has 0 heterocycles. The van der Waals surface area contributed by atoms with Gasteiger partial charge in [0.2, 0.25) is 0 Å². The molecule has 3 N–H and O–H groups in total. The summed E-state index contributed by atoms with van der Waals surface area (Å²) < 4.78 is 5.22. The van der Waals surface area contributed by atoms with Crippen molar-refractivity contribution < 1.29 is 9.53 Å². The normalized spacial score (nSPS) is 10.6. The summed E-state index contributed by atoms with van der Waals surface area (Å²) in [5.74, 6) is 0.0955. The third kappa shape index (κ3) is 5.21. The Labute approximate surface area is 152 Å². The summed E-state index contributed by atoms with van der Waals surface area (Å²) in [7, 11) is 0. The molecule has 0 aliphatic rings. The lowest BCUT2D eigenvalue weighted by molar-refractivity contribution is -0.119. The molecule has 3 rings (SSSR count). The molecule has 0 atom stereocenters. The van der Waals surface area contributed by atoms with E-state index < -0.39 is 5.91 Å². The van der Waals surface area contributed by atoms with Crippen molar-refractivity contribution in [2.45, 2.75) is 0 Å². The Balaban J connectivity index is 1.59. The number of nitrogens with two attached hydrogens (primary N) is 1. The van der Waals surface area contributed by atoms with Crippen LogP contribution in [-0.2, 0) is 4.79 Å². The van der Waals surface area contributed by atoms with Crippen LogP contribution in [-0.4, -0.2) is 18.7 Å². The third-order valence-electron chi connectivity index (χ3n) is 3.55. The minimum Gasteiger partial charge on any atom is -0.484 e. The van der Waals surface area contributed by atoms with Gasteiger partial charge in [-0.25, -0.2) is 0 Å². The molecule has 26 heavy (non-hydrogen) atoms. The van der Waals surface area contributed by atoms with Crippen molar-refractivity contribution in [1.29, 1.82) is 0 Å². The van der Waals surface area contributed by atoms with E-state index in [2.05, 4.69) is 10.3 Å². The smallest absolute Gasteiger partial charge is 0.255 e. The number of amides is 1. The van der Waals surface area contributed by atoms with Crippen LogP contribution in [0.4, 0.5) is 17.1 Å². The third-order valence-corrected chi connectivity index (χ3v) is 3.55. The van der Waals surface area contributed by atoms with Gasteiger partial charge in [0.15, 0.2) is 6.61 Å². The lowest BCUT2D eigenvalue weighted by Crippen LogP contribution is -2.19. The van der Waals surface area contributed by atoms with Gasteiger partial charge in [-0.2, -0.15) is 0 Å². The number of carbonyl (C=O) groups excluding carboxylic acids is 1. The minimum absolute atomic E-state index is 0.128. The van der Waals surface area contributed by atoms with E-state index in [4.69, 9.17) is 10.5 Å². The first kappa shape index (κ1) is 17.2. The van der Waals surface area contributed by atoms with Crippen LogP contribution >= 0.6 is 0 Å². The number of para-hydroxylation sites is 1. The van der Waals surface area contributed by atoms with Crippen LogP contribution in [0.5, 0.6) is 5.75 Å². The number of nitrogens with zero attached hydrogens (tertiary/aromatic N) is 1. The standard InChI is InChI=1S/C21H19N3O2/c22-21(25)15-26-20-12-6-16(7-13-20)14-23-17-8-10-19(11-9-17)24-18-4-2-1-3-5-18/h1-14,24H,15H2,(H2,22,25). The Morgan fingerprint density at radius 2 is 1.58 bits per heavy atom. The maximum atomic E-state index is 10.7. The molecule has 0 saturated carbocycles. The van der Waals surface area contributed by atoms with E-state index in [1.807, 2.05) is 66.7 Å². The van der Waals surface area contributed by atoms with Gasteiger partial charge in [-0.05, 0) is 66.2 Å². The van der Waals surface area contributed by atoms with E-state index in [9.17, 15) is 4.79 Å². The highest BCUT2D eigenvalue weighted by molar-refractivity contribution is 5.82. The Kier molecular flexibility index (Phi) is 5.62. The highest BCUT2D eigenvalue weighted by atomic mass is 16.5. The van der Waals surface area contributed by atoms with Crippen molar-refractivity contribution in [2.75, 3.05) is 11.9 Å². The van der Waals surface area contributed by atoms with Crippen LogP contribution in [0.15, 0.2) is 83.9 Å². The van der Waals surface area contributed by atoms with Gasteiger partial charge in [-0.15, -0.1) is 0 Å². The first-order valence-corrected chi connectivity index (χ1v) is 8.16. The second kappa shape index (κ2) is 8.48. The largest absolute Gasteiger partial charge is 0.484 e. The quantitative estimate of drug-likeness (QED) is 0.634. The van der Waals surface area contributed by atoms with Crippen molar-refractivity contribution in [3.63, 3.8) is 0 Å². The zero-order valence-electron chi connectivity index (χ0n) is 14.1. The van der Waals surface area contributed by atoms with Crippen LogP contribution in [0.25, 0.3) is 0 Å². The number of benzene rings is 3. The maximum Gasteiger partial charge on any atom is 0.255 e. The van der Waals surface area contributed by atoms with Crippen LogP contribution in [0, 0.1) is 0 Å². The second-order valence-corrected chi connectivity index (χ2v) is 5.62. The molecule has 5 heteroatoms. The van der Waals surface area contributed by atoms with Gasteiger partial charge in [-0.3, -0.25) is 9.79 Å². The lowest BCUT2D eigenvalue weighted by Gasteiger charge is -2.06. The first-order valence-electron chi connectivity index (χ1n) is 8.16. The number of aliphatic imine (C=N–C) groups is 1. The summed E-state index contributed by atoms with van der Waals surface area (Å²) in [6.45, 7) is -0.128. The molecule has 0 aromatic heterocycles. The van der Waals surface area contributed by atoms with E-state index in [1.54, 1.807) is 18.3 Å². The molecule has 0 bridgehead atoms. The topological polar surface area (TPSA) is 76.7 Å². The van der Waals surface area contributed by atoms with Gasteiger partial charge in [0.1, 0.15) is 5.75 Å². The number of carbonyl (C=O) groups is 1. The number of anilines is 2. The fourth-order valence-corrected chi connectivity index (χ4v) is 2.27. The van der Waals surface area contributed by atoms with Crippen molar-refractivity contribution in [3.8, 4) is 5.75 Å². The molecule has 130 valence electrons. The van der Waals surface area contributed by atoms with Crippen molar-refractivity contribution in [3.05, 3.63) is 84.4 Å². The van der Waals surface area contributed by atoms with Gasteiger partial charge >= 0.3 is 0 Å². The van der Waals surface area contributed by atoms with Crippen LogP contribution in [0.2, 0.25) is 0 Å². The van der Waals surface area contributed by atoms with E-state index in [0.29, 0.717) is 5.75 Å². The molecule has 0 aliphatic carbocycles. The summed E-state index contributed by atoms with van der Waals surface area (Å²) in [4.78, 5) is 15.2. The van der Waals surface area contributed by atoms with Crippen molar-refractivity contribution in [2.24, 2.45) is 10.7 Å². The van der Waals surface area contributed by atoms with Gasteiger partial charge in [0.05, 0.1) is 5.69 Å². The molecule has 0 aliphatic heterocycles. The van der Waals surface area contributed by atoms with Gasteiger partial charge < -0.3 is 15.8 Å². The zero-order valence-corrected chi connectivity index (χ0v) is 14.1. The van der Waals surface area contributed by atoms with Gasteiger partial charge in [0.25, 0.3) is 5.91 Å². The van der Waals surface area contributed by atoms with Crippen LogP contribution in [0.1, 0.15) is 5.56 Å². The van der Waals surface area contributed by atoms with E-state index in [-0.39, 0.29) is 6.61 Å². The maximum absolute atomic E-state index is 10.7. The number of ether oxygens (including phenoxy) is 1. The molecule has 0 saturated heterocycles. The zero-order chi connectivity index (χ0) is 18.2. The Morgan fingerprint density at radius 3 is 2.23 bits per heavy atom. The van der Waals surface area contributed by atoms with E-state index in [1.165, 1.54) is 0 Å². The highest BCUT2D eigenvalue weighted by Crippen LogP contribution is 2.20. The number of rotatable bonds is 7. The fraction of sp³-hybridized carbons (Fsp3) is 0.0476. The van der Waals surface area contributed by atoms with Crippen LogP contribution in [0.3, 0.4) is 0 Å². The summed E-state index contributed by atoms with van der Waals surface area (Å²) in [5, 5.41) is 3.33. The Morgan fingerprint density at radius 1 is 0.923 bits per heavy atom. The first-order chi connectivity index (χ1) is 12.7. The monoisotopic (exact) mass is 345 g/mol.